The Morgan fingerprint density at radius 2 is 1.56 bits per heavy atom. The minimum absolute atomic E-state index is 0.547. The highest BCUT2D eigenvalue weighted by atomic mass is 15.3. The van der Waals surface area contributed by atoms with Crippen molar-refractivity contribution >= 4 is 17.5 Å². The van der Waals surface area contributed by atoms with Crippen molar-refractivity contribution in [2.75, 3.05) is 23.8 Å². The molecule has 1 heterocycles. The van der Waals surface area contributed by atoms with Gasteiger partial charge in [-0.05, 0) is 18.1 Å². The Morgan fingerprint density at radius 3 is 2.20 bits per heavy atom. The molecule has 128 valence electrons. The molecular weight excluding hydrogens is 308 g/mol. The average molecular weight is 332 g/mol. The first kappa shape index (κ1) is 17.0. The predicted octanol–water partition coefficient (Wildman–Crippen LogP) is 4.98. The molecule has 1 aromatic heterocycles. The molecule has 0 saturated heterocycles. The second kappa shape index (κ2) is 7.79. The first-order valence-electron chi connectivity index (χ1n) is 8.60. The van der Waals surface area contributed by atoms with Crippen LogP contribution in [0.25, 0.3) is 11.3 Å². The van der Waals surface area contributed by atoms with Crippen LogP contribution in [-0.2, 0) is 0 Å². The Bertz CT molecular complexity index is 801. The van der Waals surface area contributed by atoms with Crippen LogP contribution in [0.15, 0.2) is 66.7 Å². The lowest BCUT2D eigenvalue weighted by molar-refractivity contribution is 0.687. The smallest absolute Gasteiger partial charge is 0.232 e. The van der Waals surface area contributed by atoms with Crippen LogP contribution in [0.1, 0.15) is 13.8 Å². The molecule has 3 aromatic rings. The molecule has 0 aliphatic heterocycles. The molecule has 0 spiro atoms. The molecule has 0 aliphatic rings. The van der Waals surface area contributed by atoms with Gasteiger partial charge < -0.3 is 10.2 Å². The van der Waals surface area contributed by atoms with Crippen molar-refractivity contribution in [1.29, 1.82) is 0 Å². The number of para-hydroxylation sites is 1. The van der Waals surface area contributed by atoms with Gasteiger partial charge in [-0.15, -0.1) is 0 Å². The van der Waals surface area contributed by atoms with E-state index in [1.54, 1.807) is 0 Å². The van der Waals surface area contributed by atoms with E-state index in [1.165, 1.54) is 0 Å². The van der Waals surface area contributed by atoms with Crippen molar-refractivity contribution < 1.29 is 0 Å². The summed E-state index contributed by atoms with van der Waals surface area (Å²) in [5.41, 5.74) is 3.06. The van der Waals surface area contributed by atoms with Gasteiger partial charge in [-0.1, -0.05) is 62.4 Å². The van der Waals surface area contributed by atoms with Crippen molar-refractivity contribution in [3.8, 4) is 11.3 Å². The van der Waals surface area contributed by atoms with E-state index in [0.29, 0.717) is 11.9 Å². The predicted molar refractivity (Wildman–Crippen MR) is 105 cm³/mol. The summed E-state index contributed by atoms with van der Waals surface area (Å²) in [5.74, 6) is 2.07. The molecule has 25 heavy (non-hydrogen) atoms. The summed E-state index contributed by atoms with van der Waals surface area (Å²) in [6.07, 6.45) is 0. The lowest BCUT2D eigenvalue weighted by Gasteiger charge is -2.19. The van der Waals surface area contributed by atoms with Crippen LogP contribution in [0, 0.1) is 5.92 Å². The van der Waals surface area contributed by atoms with Gasteiger partial charge in [0.25, 0.3) is 0 Å². The highest BCUT2D eigenvalue weighted by Gasteiger charge is 2.12. The van der Waals surface area contributed by atoms with Gasteiger partial charge in [-0.2, -0.15) is 4.98 Å². The van der Waals surface area contributed by atoms with Gasteiger partial charge in [-0.3, -0.25) is 0 Å². The van der Waals surface area contributed by atoms with Gasteiger partial charge in [0.1, 0.15) is 5.82 Å². The Labute approximate surface area is 149 Å². The van der Waals surface area contributed by atoms with Crippen LogP contribution in [0.5, 0.6) is 0 Å². The number of rotatable bonds is 6. The summed E-state index contributed by atoms with van der Waals surface area (Å²) < 4.78 is 0. The Hall–Kier alpha value is -2.88. The fourth-order valence-electron chi connectivity index (χ4n) is 2.51. The van der Waals surface area contributed by atoms with E-state index in [-0.39, 0.29) is 0 Å². The summed E-state index contributed by atoms with van der Waals surface area (Å²) in [4.78, 5) is 11.5. The summed E-state index contributed by atoms with van der Waals surface area (Å²) in [5, 5.41) is 3.42. The third kappa shape index (κ3) is 4.35. The van der Waals surface area contributed by atoms with E-state index in [9.17, 15) is 0 Å². The number of nitrogens with one attached hydrogen (secondary N) is 1. The topological polar surface area (TPSA) is 41.1 Å². The molecule has 0 unspecified atom stereocenters. The fourth-order valence-corrected chi connectivity index (χ4v) is 2.51. The minimum Gasteiger partial charge on any atom is -0.370 e. The van der Waals surface area contributed by atoms with E-state index in [4.69, 9.17) is 9.97 Å². The molecule has 2 aromatic carbocycles. The fraction of sp³-hybridized carbons (Fsp3) is 0.238. The third-order valence-corrected chi connectivity index (χ3v) is 3.92. The van der Waals surface area contributed by atoms with Gasteiger partial charge in [0.15, 0.2) is 0 Å². The van der Waals surface area contributed by atoms with Crippen LogP contribution < -0.4 is 10.2 Å². The zero-order valence-corrected chi connectivity index (χ0v) is 15.0. The van der Waals surface area contributed by atoms with Crippen molar-refractivity contribution in [1.82, 2.24) is 9.97 Å². The molecule has 4 nitrogen and oxygen atoms in total. The standard InChI is InChI=1S/C21H24N4/c1-16(2)15-22-20-14-19(17-10-6-4-7-11-17)23-21(24-20)25(3)18-12-8-5-9-13-18/h4-14,16H,15H2,1-3H3,(H,22,23,24). The summed E-state index contributed by atoms with van der Waals surface area (Å²) in [6, 6.07) is 22.4. The van der Waals surface area contributed by atoms with Crippen LogP contribution >= 0.6 is 0 Å². The molecule has 0 radical (unpaired) electrons. The molecule has 1 N–H and O–H groups in total. The zero-order valence-electron chi connectivity index (χ0n) is 15.0. The van der Waals surface area contributed by atoms with Gasteiger partial charge in [0.2, 0.25) is 5.95 Å². The Morgan fingerprint density at radius 1 is 0.920 bits per heavy atom. The van der Waals surface area contributed by atoms with Crippen molar-refractivity contribution in [2.45, 2.75) is 13.8 Å². The second-order valence-electron chi connectivity index (χ2n) is 6.47. The van der Waals surface area contributed by atoms with Gasteiger partial charge in [-0.25, -0.2) is 4.98 Å². The average Bonchev–Trinajstić information content (AvgIpc) is 2.67. The molecule has 0 saturated carbocycles. The largest absolute Gasteiger partial charge is 0.370 e. The highest BCUT2D eigenvalue weighted by Crippen LogP contribution is 2.26. The van der Waals surface area contributed by atoms with Crippen LogP contribution in [-0.4, -0.2) is 23.6 Å². The molecule has 0 aliphatic carbocycles. The maximum absolute atomic E-state index is 4.78. The van der Waals surface area contributed by atoms with Crippen LogP contribution in [0.4, 0.5) is 17.5 Å². The highest BCUT2D eigenvalue weighted by molar-refractivity contribution is 5.66. The minimum atomic E-state index is 0.547. The van der Waals surface area contributed by atoms with Gasteiger partial charge >= 0.3 is 0 Å². The van der Waals surface area contributed by atoms with Gasteiger partial charge in [0.05, 0.1) is 5.69 Å². The van der Waals surface area contributed by atoms with E-state index in [0.717, 1.165) is 29.3 Å². The van der Waals surface area contributed by atoms with E-state index in [2.05, 4.69) is 43.4 Å². The van der Waals surface area contributed by atoms with Crippen molar-refractivity contribution in [3.05, 3.63) is 66.7 Å². The number of nitrogens with zero attached hydrogens (tertiary/aromatic N) is 3. The normalized spacial score (nSPS) is 10.7. The molecule has 0 bridgehead atoms. The van der Waals surface area contributed by atoms with Crippen molar-refractivity contribution in [3.63, 3.8) is 0 Å². The molecular formula is C21H24N4. The maximum Gasteiger partial charge on any atom is 0.232 e. The number of aromatic nitrogens is 2. The molecule has 4 heteroatoms. The number of anilines is 3. The third-order valence-electron chi connectivity index (χ3n) is 3.92. The lowest BCUT2D eigenvalue weighted by atomic mass is 10.1. The lowest BCUT2D eigenvalue weighted by Crippen LogP contribution is -2.16. The number of hydrogen-bond donors (Lipinski definition) is 1. The first-order chi connectivity index (χ1) is 12.1. The zero-order chi connectivity index (χ0) is 17.6. The van der Waals surface area contributed by atoms with Crippen molar-refractivity contribution in [2.24, 2.45) is 5.92 Å². The summed E-state index contributed by atoms with van der Waals surface area (Å²) in [6.45, 7) is 5.24. The Balaban J connectivity index is 2.00. The summed E-state index contributed by atoms with van der Waals surface area (Å²) in [7, 11) is 1.99. The van der Waals surface area contributed by atoms with E-state index >= 15 is 0 Å². The number of benzene rings is 2. The second-order valence-corrected chi connectivity index (χ2v) is 6.47. The molecule has 0 fully saturated rings. The maximum atomic E-state index is 4.78. The molecule has 0 amide bonds. The van der Waals surface area contributed by atoms with Gasteiger partial charge in [0, 0.05) is 30.9 Å². The quantitative estimate of drug-likeness (QED) is 0.691. The monoisotopic (exact) mass is 332 g/mol. The molecule has 0 atom stereocenters. The van der Waals surface area contributed by atoms with E-state index < -0.39 is 0 Å². The SMILES string of the molecule is CC(C)CNc1cc(-c2ccccc2)nc(N(C)c2ccccc2)n1. The van der Waals surface area contributed by atoms with Crippen LogP contribution in [0.3, 0.4) is 0 Å². The van der Waals surface area contributed by atoms with Crippen LogP contribution in [0.2, 0.25) is 0 Å². The molecule has 3 rings (SSSR count). The number of hydrogen-bond acceptors (Lipinski definition) is 4. The van der Waals surface area contributed by atoms with E-state index in [1.807, 2.05) is 54.4 Å². The first-order valence-corrected chi connectivity index (χ1v) is 8.60. The Kier molecular flexibility index (Phi) is 5.29. The summed E-state index contributed by atoms with van der Waals surface area (Å²) >= 11 is 0.